The van der Waals surface area contributed by atoms with Crippen LogP contribution < -0.4 is 4.72 Å². The van der Waals surface area contributed by atoms with Crippen LogP contribution in [0.2, 0.25) is 0 Å². The highest BCUT2D eigenvalue weighted by Crippen LogP contribution is 2.17. The molecule has 2 aromatic rings. The molecule has 0 amide bonds. The van der Waals surface area contributed by atoms with E-state index in [1.807, 2.05) is 38.1 Å². The van der Waals surface area contributed by atoms with Crippen molar-refractivity contribution in [1.82, 2.24) is 9.62 Å². The van der Waals surface area contributed by atoms with Crippen molar-refractivity contribution in [2.45, 2.75) is 31.8 Å². The average Bonchev–Trinajstić information content (AvgIpc) is 2.64. The number of benzene rings is 2. The number of nitrogens with zero attached hydrogens (tertiary/aromatic N) is 1. The highest BCUT2D eigenvalue weighted by atomic mass is 32.2. The Morgan fingerprint density at radius 2 is 1.65 bits per heavy atom. The minimum Gasteiger partial charge on any atom is -0.379 e. The van der Waals surface area contributed by atoms with E-state index >= 15 is 0 Å². The summed E-state index contributed by atoms with van der Waals surface area (Å²) in [5.41, 5.74) is 3.87. The second-order valence-electron chi connectivity index (χ2n) is 6.80. The van der Waals surface area contributed by atoms with Gasteiger partial charge in [-0.3, -0.25) is 4.90 Å². The molecule has 2 aromatic carbocycles. The molecule has 0 bridgehead atoms. The lowest BCUT2D eigenvalue weighted by molar-refractivity contribution is 0.0342. The average molecular weight is 375 g/mol. The summed E-state index contributed by atoms with van der Waals surface area (Å²) in [5.74, 6) is 0. The summed E-state index contributed by atoms with van der Waals surface area (Å²) in [6.45, 7) is 8.39. The lowest BCUT2D eigenvalue weighted by Crippen LogP contribution is -2.35. The molecular formula is C20H26N2O3S. The fourth-order valence-corrected chi connectivity index (χ4v) is 4.38. The summed E-state index contributed by atoms with van der Waals surface area (Å²) in [7, 11) is -3.52. The predicted octanol–water partition coefficient (Wildman–Crippen LogP) is 2.61. The van der Waals surface area contributed by atoms with E-state index in [2.05, 4.69) is 21.8 Å². The lowest BCUT2D eigenvalue weighted by Gasteiger charge is -2.26. The van der Waals surface area contributed by atoms with E-state index in [1.165, 1.54) is 5.56 Å². The van der Waals surface area contributed by atoms with Gasteiger partial charge in [-0.1, -0.05) is 36.4 Å². The van der Waals surface area contributed by atoms with Gasteiger partial charge in [0.1, 0.15) is 0 Å². The van der Waals surface area contributed by atoms with E-state index in [0.29, 0.717) is 4.90 Å². The van der Waals surface area contributed by atoms with Gasteiger partial charge in [-0.25, -0.2) is 13.1 Å². The van der Waals surface area contributed by atoms with Gasteiger partial charge in [0.2, 0.25) is 10.0 Å². The minimum absolute atomic E-state index is 0.285. The molecule has 0 atom stereocenters. The van der Waals surface area contributed by atoms with Crippen LogP contribution in [-0.2, 0) is 27.8 Å². The fourth-order valence-electron chi connectivity index (χ4n) is 3.03. The van der Waals surface area contributed by atoms with Crippen molar-refractivity contribution < 1.29 is 13.2 Å². The largest absolute Gasteiger partial charge is 0.379 e. The lowest BCUT2D eigenvalue weighted by atomic mass is 10.1. The maximum atomic E-state index is 12.6. The first-order chi connectivity index (χ1) is 12.4. The van der Waals surface area contributed by atoms with Gasteiger partial charge in [0.15, 0.2) is 0 Å². The molecule has 3 rings (SSSR count). The molecule has 1 aliphatic heterocycles. The van der Waals surface area contributed by atoms with E-state index < -0.39 is 10.0 Å². The second-order valence-corrected chi connectivity index (χ2v) is 8.53. The molecular weight excluding hydrogens is 348 g/mol. The maximum Gasteiger partial charge on any atom is 0.241 e. The molecule has 1 heterocycles. The van der Waals surface area contributed by atoms with Crippen LogP contribution in [0.1, 0.15) is 22.3 Å². The van der Waals surface area contributed by atoms with E-state index in [9.17, 15) is 8.42 Å². The van der Waals surface area contributed by atoms with Crippen LogP contribution in [-0.4, -0.2) is 39.6 Å². The molecule has 1 N–H and O–H groups in total. The Balaban J connectivity index is 1.61. The summed E-state index contributed by atoms with van der Waals surface area (Å²) in [5, 5.41) is 0. The first-order valence-electron chi connectivity index (χ1n) is 8.89. The molecule has 0 aromatic heterocycles. The smallest absolute Gasteiger partial charge is 0.241 e. The zero-order valence-corrected chi connectivity index (χ0v) is 16.2. The molecule has 6 heteroatoms. The van der Waals surface area contributed by atoms with Crippen LogP contribution in [0.25, 0.3) is 0 Å². The van der Waals surface area contributed by atoms with Crippen LogP contribution >= 0.6 is 0 Å². The zero-order chi connectivity index (χ0) is 18.6. The van der Waals surface area contributed by atoms with Crippen LogP contribution in [0, 0.1) is 13.8 Å². The SMILES string of the molecule is Cc1ccc(C)c(S(=O)(=O)NCc2ccc(CN3CCOCC3)cc2)c1. The number of nitrogens with one attached hydrogen (secondary N) is 1. The van der Waals surface area contributed by atoms with Gasteiger partial charge < -0.3 is 4.74 Å². The van der Waals surface area contributed by atoms with E-state index in [0.717, 1.165) is 49.5 Å². The Bertz CT molecular complexity index is 842. The van der Waals surface area contributed by atoms with Gasteiger partial charge >= 0.3 is 0 Å². The predicted molar refractivity (Wildman–Crippen MR) is 102 cm³/mol. The number of morpholine rings is 1. The van der Waals surface area contributed by atoms with Crippen LogP contribution in [0.15, 0.2) is 47.4 Å². The molecule has 1 fully saturated rings. The van der Waals surface area contributed by atoms with Crippen molar-refractivity contribution in [3.63, 3.8) is 0 Å². The number of hydrogen-bond donors (Lipinski definition) is 1. The van der Waals surface area contributed by atoms with Gasteiger partial charge in [0, 0.05) is 26.2 Å². The Kier molecular flexibility index (Phi) is 6.09. The third-order valence-corrected chi connectivity index (χ3v) is 6.18. The fraction of sp³-hybridized carbons (Fsp3) is 0.400. The number of hydrogen-bond acceptors (Lipinski definition) is 4. The van der Waals surface area contributed by atoms with Crippen LogP contribution in [0.5, 0.6) is 0 Å². The van der Waals surface area contributed by atoms with Gasteiger partial charge in [0.25, 0.3) is 0 Å². The van der Waals surface area contributed by atoms with Crippen molar-refractivity contribution in [1.29, 1.82) is 0 Å². The summed E-state index contributed by atoms with van der Waals surface area (Å²) in [4.78, 5) is 2.71. The number of ether oxygens (including phenoxy) is 1. The number of aryl methyl sites for hydroxylation is 2. The topological polar surface area (TPSA) is 58.6 Å². The molecule has 0 aliphatic carbocycles. The maximum absolute atomic E-state index is 12.6. The van der Waals surface area contributed by atoms with Crippen molar-refractivity contribution in [3.8, 4) is 0 Å². The Hall–Kier alpha value is -1.73. The van der Waals surface area contributed by atoms with E-state index in [4.69, 9.17) is 4.74 Å². The molecule has 0 spiro atoms. The van der Waals surface area contributed by atoms with Gasteiger partial charge in [0.05, 0.1) is 18.1 Å². The number of sulfonamides is 1. The second kappa shape index (κ2) is 8.31. The zero-order valence-electron chi connectivity index (χ0n) is 15.4. The van der Waals surface area contributed by atoms with Crippen LogP contribution in [0.4, 0.5) is 0 Å². The van der Waals surface area contributed by atoms with Gasteiger partial charge in [-0.15, -0.1) is 0 Å². The summed E-state index contributed by atoms with van der Waals surface area (Å²) < 4.78 is 33.2. The quantitative estimate of drug-likeness (QED) is 0.844. The third-order valence-electron chi connectivity index (χ3n) is 4.63. The highest BCUT2D eigenvalue weighted by Gasteiger charge is 2.16. The van der Waals surface area contributed by atoms with Crippen molar-refractivity contribution in [2.24, 2.45) is 0 Å². The Labute approximate surface area is 156 Å². The monoisotopic (exact) mass is 374 g/mol. The number of rotatable bonds is 6. The highest BCUT2D eigenvalue weighted by molar-refractivity contribution is 7.89. The Morgan fingerprint density at radius 1 is 1.00 bits per heavy atom. The molecule has 5 nitrogen and oxygen atoms in total. The molecule has 1 saturated heterocycles. The molecule has 1 aliphatic rings. The van der Waals surface area contributed by atoms with Crippen molar-refractivity contribution >= 4 is 10.0 Å². The van der Waals surface area contributed by atoms with E-state index in [1.54, 1.807) is 6.07 Å². The summed E-state index contributed by atoms with van der Waals surface area (Å²) in [6.07, 6.45) is 0. The van der Waals surface area contributed by atoms with E-state index in [-0.39, 0.29) is 6.54 Å². The first kappa shape index (κ1) is 19.0. The van der Waals surface area contributed by atoms with Crippen molar-refractivity contribution in [2.75, 3.05) is 26.3 Å². The Morgan fingerprint density at radius 3 is 2.35 bits per heavy atom. The van der Waals surface area contributed by atoms with Gasteiger partial charge in [-0.05, 0) is 42.2 Å². The standard InChI is InChI=1S/C20H26N2O3S/c1-16-3-4-17(2)20(13-16)26(23,24)21-14-18-5-7-19(8-6-18)15-22-9-11-25-12-10-22/h3-8,13,21H,9-12,14-15H2,1-2H3. The van der Waals surface area contributed by atoms with Crippen molar-refractivity contribution in [3.05, 3.63) is 64.7 Å². The third kappa shape index (κ3) is 4.92. The molecule has 0 saturated carbocycles. The minimum atomic E-state index is -3.52. The normalized spacial score (nSPS) is 15.9. The summed E-state index contributed by atoms with van der Waals surface area (Å²) in [6, 6.07) is 13.6. The summed E-state index contributed by atoms with van der Waals surface area (Å²) >= 11 is 0. The van der Waals surface area contributed by atoms with Crippen LogP contribution in [0.3, 0.4) is 0 Å². The van der Waals surface area contributed by atoms with Gasteiger partial charge in [-0.2, -0.15) is 0 Å². The first-order valence-corrected chi connectivity index (χ1v) is 10.4. The molecule has 26 heavy (non-hydrogen) atoms. The molecule has 140 valence electrons. The molecule has 0 unspecified atom stereocenters. The molecule has 0 radical (unpaired) electrons.